The molecule has 28 heavy (non-hydrogen) atoms. The number of hydrogen-bond donors (Lipinski definition) is 0. The smallest absolute Gasteiger partial charge is 0.280 e. The number of ether oxygens (including phenoxy) is 1. The number of hydrogen-bond acceptors (Lipinski definition) is 3. The number of amides is 1. The van der Waals surface area contributed by atoms with Gasteiger partial charge in [-0.15, -0.1) is 0 Å². The topological polar surface area (TPSA) is 43.6 Å². The average Bonchev–Trinajstić information content (AvgIpc) is 3.03. The fourth-order valence-electron chi connectivity index (χ4n) is 3.21. The zero-order chi connectivity index (χ0) is 19.5. The summed E-state index contributed by atoms with van der Waals surface area (Å²) < 4.78 is 21.8. The van der Waals surface area contributed by atoms with Gasteiger partial charge in [-0.2, -0.15) is 4.99 Å². The van der Waals surface area contributed by atoms with Gasteiger partial charge in [-0.25, -0.2) is 4.39 Å². The van der Waals surface area contributed by atoms with Crippen LogP contribution in [0.4, 0.5) is 4.39 Å². The molecule has 0 bridgehead atoms. The quantitative estimate of drug-likeness (QED) is 0.458. The minimum atomic E-state index is -0.311. The Bertz CT molecular complexity index is 1220. The van der Waals surface area contributed by atoms with E-state index in [1.54, 1.807) is 12.1 Å². The van der Waals surface area contributed by atoms with Gasteiger partial charge in [0.15, 0.2) is 4.80 Å². The van der Waals surface area contributed by atoms with Crippen LogP contribution in [0.25, 0.3) is 21.0 Å². The van der Waals surface area contributed by atoms with E-state index in [-0.39, 0.29) is 11.7 Å². The maximum absolute atomic E-state index is 13.7. The third kappa shape index (κ3) is 3.61. The molecule has 0 aliphatic rings. The van der Waals surface area contributed by atoms with Crippen molar-refractivity contribution >= 4 is 38.2 Å². The van der Waals surface area contributed by atoms with Crippen molar-refractivity contribution in [2.45, 2.75) is 13.5 Å². The molecule has 4 aromatic rings. The summed E-state index contributed by atoms with van der Waals surface area (Å²) >= 11 is 1.30. The van der Waals surface area contributed by atoms with Crippen LogP contribution in [-0.4, -0.2) is 23.7 Å². The Morgan fingerprint density at radius 2 is 1.96 bits per heavy atom. The van der Waals surface area contributed by atoms with Gasteiger partial charge >= 0.3 is 0 Å². The van der Waals surface area contributed by atoms with Crippen LogP contribution >= 0.6 is 11.3 Å². The Hall–Kier alpha value is -2.83. The van der Waals surface area contributed by atoms with Crippen molar-refractivity contribution in [1.82, 2.24) is 4.57 Å². The molecule has 0 N–H and O–H groups in total. The molecule has 1 heterocycles. The Kier molecular flexibility index (Phi) is 5.32. The molecule has 1 amide bonds. The monoisotopic (exact) mass is 394 g/mol. The summed E-state index contributed by atoms with van der Waals surface area (Å²) in [5, 5.41) is 1.86. The Labute approximate surface area is 165 Å². The molecule has 1 aromatic heterocycles. The van der Waals surface area contributed by atoms with Gasteiger partial charge in [0.25, 0.3) is 5.91 Å². The highest BCUT2D eigenvalue weighted by atomic mass is 32.1. The molecule has 4 rings (SSSR count). The lowest BCUT2D eigenvalue weighted by Crippen LogP contribution is -2.19. The number of benzene rings is 3. The Morgan fingerprint density at radius 3 is 2.82 bits per heavy atom. The second-order valence-electron chi connectivity index (χ2n) is 6.29. The van der Waals surface area contributed by atoms with E-state index in [2.05, 4.69) is 4.99 Å². The van der Waals surface area contributed by atoms with E-state index in [1.807, 2.05) is 47.9 Å². The van der Waals surface area contributed by atoms with E-state index in [9.17, 15) is 9.18 Å². The highest BCUT2D eigenvalue weighted by molar-refractivity contribution is 7.16. The van der Waals surface area contributed by atoms with E-state index < -0.39 is 0 Å². The molecule has 0 spiro atoms. The van der Waals surface area contributed by atoms with Crippen LogP contribution in [0, 0.1) is 5.82 Å². The number of halogens is 1. The molecule has 6 heteroatoms. The number of rotatable bonds is 5. The molecule has 0 fully saturated rings. The summed E-state index contributed by atoms with van der Waals surface area (Å²) in [7, 11) is 0. The number of carbonyl (C=O) groups excluding carboxylic acids is 1. The number of fused-ring (bicyclic) bond motifs is 2. The Morgan fingerprint density at radius 1 is 1.14 bits per heavy atom. The summed E-state index contributed by atoms with van der Waals surface area (Å²) in [5.74, 6) is -0.619. The van der Waals surface area contributed by atoms with Gasteiger partial charge in [-0.1, -0.05) is 47.7 Å². The van der Waals surface area contributed by atoms with E-state index in [0.717, 1.165) is 21.0 Å². The lowest BCUT2D eigenvalue weighted by molar-refractivity contribution is 0.0998. The highest BCUT2D eigenvalue weighted by Gasteiger charge is 2.12. The van der Waals surface area contributed by atoms with Crippen molar-refractivity contribution in [3.63, 3.8) is 0 Å². The van der Waals surface area contributed by atoms with Crippen LogP contribution in [0.2, 0.25) is 0 Å². The van der Waals surface area contributed by atoms with E-state index >= 15 is 0 Å². The van der Waals surface area contributed by atoms with Crippen LogP contribution in [0.1, 0.15) is 17.3 Å². The van der Waals surface area contributed by atoms with Crippen molar-refractivity contribution in [2.24, 2.45) is 4.99 Å². The SMILES string of the molecule is CCOCCn1c(=NC(=O)c2cccc3ccccc23)sc2cc(F)ccc21. The predicted molar refractivity (Wildman–Crippen MR) is 110 cm³/mol. The second kappa shape index (κ2) is 8.04. The Balaban J connectivity index is 1.83. The molecular formula is C22H19FN2O2S. The minimum absolute atomic E-state index is 0.308. The average molecular weight is 394 g/mol. The van der Waals surface area contributed by atoms with Crippen molar-refractivity contribution in [1.29, 1.82) is 0 Å². The first kappa shape index (κ1) is 18.5. The number of nitrogens with zero attached hydrogens (tertiary/aromatic N) is 2. The maximum Gasteiger partial charge on any atom is 0.280 e. The van der Waals surface area contributed by atoms with E-state index in [4.69, 9.17) is 4.74 Å². The summed E-state index contributed by atoms with van der Waals surface area (Å²) in [6.45, 7) is 3.58. The van der Waals surface area contributed by atoms with E-state index in [1.165, 1.54) is 23.5 Å². The first-order chi connectivity index (χ1) is 13.7. The van der Waals surface area contributed by atoms with Crippen LogP contribution in [0.15, 0.2) is 65.7 Å². The fourth-order valence-corrected chi connectivity index (χ4v) is 4.29. The van der Waals surface area contributed by atoms with Crippen LogP contribution in [-0.2, 0) is 11.3 Å². The van der Waals surface area contributed by atoms with Crippen LogP contribution < -0.4 is 4.80 Å². The van der Waals surface area contributed by atoms with Gasteiger partial charge in [0, 0.05) is 18.7 Å². The van der Waals surface area contributed by atoms with Gasteiger partial charge in [-0.3, -0.25) is 4.79 Å². The lowest BCUT2D eigenvalue weighted by Gasteiger charge is -2.06. The molecule has 0 atom stereocenters. The molecule has 0 unspecified atom stereocenters. The second-order valence-corrected chi connectivity index (χ2v) is 7.30. The lowest BCUT2D eigenvalue weighted by atomic mass is 10.0. The summed E-state index contributed by atoms with van der Waals surface area (Å²) in [6.07, 6.45) is 0. The van der Waals surface area contributed by atoms with Gasteiger partial charge in [-0.05, 0) is 42.0 Å². The third-order valence-corrected chi connectivity index (χ3v) is 5.57. The van der Waals surface area contributed by atoms with Gasteiger partial charge < -0.3 is 9.30 Å². The standard InChI is InChI=1S/C22H19FN2O2S/c1-2-27-13-12-25-19-11-10-16(23)14-20(19)28-22(25)24-21(26)18-9-5-7-15-6-3-4-8-17(15)18/h3-11,14H,2,12-13H2,1H3. The zero-order valence-electron chi connectivity index (χ0n) is 15.4. The molecule has 0 aliphatic heterocycles. The van der Waals surface area contributed by atoms with E-state index in [0.29, 0.717) is 30.1 Å². The molecule has 0 radical (unpaired) electrons. The fraction of sp³-hybridized carbons (Fsp3) is 0.182. The summed E-state index contributed by atoms with van der Waals surface area (Å²) in [5.41, 5.74) is 1.40. The third-order valence-electron chi connectivity index (χ3n) is 4.53. The molecule has 0 saturated carbocycles. The van der Waals surface area contributed by atoms with Gasteiger partial charge in [0.2, 0.25) is 0 Å². The maximum atomic E-state index is 13.7. The molecule has 142 valence electrons. The number of thiazole rings is 1. The highest BCUT2D eigenvalue weighted by Crippen LogP contribution is 2.21. The molecule has 0 aliphatic carbocycles. The van der Waals surface area contributed by atoms with Crippen molar-refractivity contribution in [3.05, 3.63) is 76.8 Å². The molecule has 3 aromatic carbocycles. The molecule has 4 nitrogen and oxygen atoms in total. The van der Waals surface area contributed by atoms with Gasteiger partial charge in [0.05, 0.1) is 16.8 Å². The zero-order valence-corrected chi connectivity index (χ0v) is 16.2. The van der Waals surface area contributed by atoms with Crippen LogP contribution in [0.5, 0.6) is 0 Å². The minimum Gasteiger partial charge on any atom is -0.380 e. The van der Waals surface area contributed by atoms with Crippen molar-refractivity contribution < 1.29 is 13.9 Å². The first-order valence-corrected chi connectivity index (χ1v) is 9.92. The van der Waals surface area contributed by atoms with Crippen molar-refractivity contribution in [2.75, 3.05) is 13.2 Å². The molecule has 0 saturated heterocycles. The van der Waals surface area contributed by atoms with Crippen LogP contribution in [0.3, 0.4) is 0 Å². The molecular weight excluding hydrogens is 375 g/mol. The first-order valence-electron chi connectivity index (χ1n) is 9.11. The summed E-state index contributed by atoms with van der Waals surface area (Å²) in [6, 6.07) is 17.9. The summed E-state index contributed by atoms with van der Waals surface area (Å²) in [4.78, 5) is 17.9. The largest absolute Gasteiger partial charge is 0.380 e. The number of carbonyl (C=O) groups is 1. The van der Waals surface area contributed by atoms with Crippen molar-refractivity contribution in [3.8, 4) is 0 Å². The van der Waals surface area contributed by atoms with Gasteiger partial charge in [0.1, 0.15) is 5.82 Å². The normalized spacial score (nSPS) is 12.1. The predicted octanol–water partition coefficient (Wildman–Crippen LogP) is 4.77. The number of aromatic nitrogens is 1.